The zero-order valence-electron chi connectivity index (χ0n) is 15.1. The summed E-state index contributed by atoms with van der Waals surface area (Å²) in [5.74, 6) is -0.262. The Morgan fingerprint density at radius 3 is 2.50 bits per heavy atom. The molecule has 0 saturated heterocycles. The van der Waals surface area contributed by atoms with Gasteiger partial charge in [0.05, 0.1) is 5.56 Å². The molecular formula is C22H23NO3. The van der Waals surface area contributed by atoms with Crippen LogP contribution >= 0.6 is 0 Å². The number of ether oxygens (including phenoxy) is 1. The van der Waals surface area contributed by atoms with Crippen molar-refractivity contribution < 1.29 is 14.3 Å². The molecule has 4 heteroatoms. The largest absolute Gasteiger partial charge is 0.454 e. The van der Waals surface area contributed by atoms with Crippen molar-refractivity contribution in [2.75, 3.05) is 0 Å². The van der Waals surface area contributed by atoms with Crippen molar-refractivity contribution in [2.45, 2.75) is 51.3 Å². The summed E-state index contributed by atoms with van der Waals surface area (Å²) >= 11 is 0. The number of fused-ring (bicyclic) bond motifs is 1. The third kappa shape index (κ3) is 3.12. The molecule has 2 aromatic carbocycles. The molecular weight excluding hydrogens is 326 g/mol. The van der Waals surface area contributed by atoms with Gasteiger partial charge in [-0.3, -0.25) is 4.79 Å². The summed E-state index contributed by atoms with van der Waals surface area (Å²) in [5, 5.41) is 0. The maximum atomic E-state index is 13.0. The topological polar surface area (TPSA) is 46.6 Å². The molecule has 0 radical (unpaired) electrons. The number of cyclic esters (lactones) is 1. The molecule has 0 bridgehead atoms. The second-order valence-corrected chi connectivity index (χ2v) is 7.42. The average Bonchev–Trinajstić information content (AvgIpc) is 3.46. The minimum atomic E-state index is -0.318. The van der Waals surface area contributed by atoms with Gasteiger partial charge in [0, 0.05) is 24.1 Å². The maximum absolute atomic E-state index is 13.0. The van der Waals surface area contributed by atoms with Crippen LogP contribution in [0.2, 0.25) is 0 Å². The molecule has 1 heterocycles. The van der Waals surface area contributed by atoms with Gasteiger partial charge in [-0.25, -0.2) is 4.79 Å². The Labute approximate surface area is 153 Å². The summed E-state index contributed by atoms with van der Waals surface area (Å²) in [4.78, 5) is 27.4. The van der Waals surface area contributed by atoms with Crippen LogP contribution in [0.15, 0.2) is 48.5 Å². The molecule has 2 aromatic rings. The SMILES string of the molecule is CC(C)N(C(=O)c1ccc2c(c1)C[C@@H](c1ccccc1)OC2=O)C1CC1. The number of hydrogen-bond acceptors (Lipinski definition) is 3. The van der Waals surface area contributed by atoms with Crippen LogP contribution in [0.5, 0.6) is 0 Å². The van der Waals surface area contributed by atoms with Gasteiger partial charge in [-0.2, -0.15) is 0 Å². The summed E-state index contributed by atoms with van der Waals surface area (Å²) in [6.45, 7) is 4.11. The Morgan fingerprint density at radius 1 is 1.12 bits per heavy atom. The van der Waals surface area contributed by atoms with E-state index in [1.807, 2.05) is 41.3 Å². The third-order valence-electron chi connectivity index (χ3n) is 5.13. The van der Waals surface area contributed by atoms with E-state index in [1.54, 1.807) is 12.1 Å². The highest BCUT2D eigenvalue weighted by Crippen LogP contribution is 2.33. The highest BCUT2D eigenvalue weighted by molar-refractivity contribution is 5.98. The Balaban J connectivity index is 1.64. The Bertz CT molecular complexity index is 838. The molecule has 26 heavy (non-hydrogen) atoms. The lowest BCUT2D eigenvalue weighted by molar-refractivity contribution is 0.0252. The number of carbonyl (C=O) groups excluding carboxylic acids is 2. The van der Waals surface area contributed by atoms with Crippen LogP contribution in [-0.4, -0.2) is 28.9 Å². The number of benzene rings is 2. The first kappa shape index (κ1) is 16.8. The van der Waals surface area contributed by atoms with Crippen LogP contribution in [0.25, 0.3) is 0 Å². The normalized spacial score (nSPS) is 19.0. The Morgan fingerprint density at radius 2 is 1.85 bits per heavy atom. The first-order valence-corrected chi connectivity index (χ1v) is 9.26. The van der Waals surface area contributed by atoms with E-state index in [-0.39, 0.29) is 24.0 Å². The first-order valence-electron chi connectivity index (χ1n) is 9.26. The molecule has 1 aliphatic carbocycles. The quantitative estimate of drug-likeness (QED) is 0.779. The molecule has 1 atom stereocenters. The molecule has 1 saturated carbocycles. The minimum absolute atomic E-state index is 0.0560. The monoisotopic (exact) mass is 349 g/mol. The van der Waals surface area contributed by atoms with Crippen LogP contribution in [-0.2, 0) is 11.2 Å². The zero-order valence-corrected chi connectivity index (χ0v) is 15.1. The first-order chi connectivity index (χ1) is 12.5. The van der Waals surface area contributed by atoms with Gasteiger partial charge in [0.2, 0.25) is 0 Å². The van der Waals surface area contributed by atoms with Crippen molar-refractivity contribution in [3.63, 3.8) is 0 Å². The number of hydrogen-bond donors (Lipinski definition) is 0. The van der Waals surface area contributed by atoms with Gasteiger partial charge in [-0.1, -0.05) is 30.3 Å². The van der Waals surface area contributed by atoms with E-state index >= 15 is 0 Å². The molecule has 1 fully saturated rings. The fraction of sp³-hybridized carbons (Fsp3) is 0.364. The predicted octanol–water partition coefficient (Wildman–Crippen LogP) is 4.15. The van der Waals surface area contributed by atoms with Gasteiger partial charge < -0.3 is 9.64 Å². The molecule has 4 rings (SSSR count). The number of carbonyl (C=O) groups is 2. The lowest BCUT2D eigenvalue weighted by atomic mass is 9.93. The fourth-order valence-corrected chi connectivity index (χ4v) is 3.71. The van der Waals surface area contributed by atoms with E-state index in [1.165, 1.54) is 0 Å². The number of nitrogens with zero attached hydrogens (tertiary/aromatic N) is 1. The highest BCUT2D eigenvalue weighted by atomic mass is 16.5. The van der Waals surface area contributed by atoms with Gasteiger partial charge in [-0.15, -0.1) is 0 Å². The summed E-state index contributed by atoms with van der Waals surface area (Å²) in [6, 6.07) is 15.7. The average molecular weight is 349 g/mol. The summed E-state index contributed by atoms with van der Waals surface area (Å²) < 4.78 is 5.60. The van der Waals surface area contributed by atoms with Crippen LogP contribution in [0.3, 0.4) is 0 Å². The molecule has 0 aromatic heterocycles. The lowest BCUT2D eigenvalue weighted by Gasteiger charge is -2.28. The predicted molar refractivity (Wildman–Crippen MR) is 99.1 cm³/mol. The van der Waals surface area contributed by atoms with Crippen LogP contribution < -0.4 is 0 Å². The Hall–Kier alpha value is -2.62. The minimum Gasteiger partial charge on any atom is -0.454 e. The third-order valence-corrected chi connectivity index (χ3v) is 5.13. The Kier molecular flexibility index (Phi) is 4.27. The van der Waals surface area contributed by atoms with Gasteiger partial charge in [0.15, 0.2) is 0 Å². The van der Waals surface area contributed by atoms with E-state index in [0.29, 0.717) is 23.6 Å². The highest BCUT2D eigenvalue weighted by Gasteiger charge is 2.35. The van der Waals surface area contributed by atoms with Crippen molar-refractivity contribution in [2.24, 2.45) is 0 Å². The second-order valence-electron chi connectivity index (χ2n) is 7.42. The molecule has 0 unspecified atom stereocenters. The van der Waals surface area contributed by atoms with Gasteiger partial charge >= 0.3 is 5.97 Å². The summed E-state index contributed by atoms with van der Waals surface area (Å²) in [5.41, 5.74) is 3.09. The molecule has 0 N–H and O–H groups in total. The lowest BCUT2D eigenvalue weighted by Crippen LogP contribution is -2.39. The van der Waals surface area contributed by atoms with Crippen LogP contribution in [0.1, 0.15) is 64.6 Å². The molecule has 0 spiro atoms. The fourth-order valence-electron chi connectivity index (χ4n) is 3.71. The molecule has 2 aliphatic rings. The molecule has 134 valence electrons. The van der Waals surface area contributed by atoms with Crippen molar-refractivity contribution in [1.82, 2.24) is 4.90 Å². The molecule has 1 amide bonds. The maximum Gasteiger partial charge on any atom is 0.339 e. The van der Waals surface area contributed by atoms with Gasteiger partial charge in [0.25, 0.3) is 5.91 Å². The molecule has 4 nitrogen and oxygen atoms in total. The molecule has 1 aliphatic heterocycles. The van der Waals surface area contributed by atoms with Crippen molar-refractivity contribution in [3.05, 3.63) is 70.8 Å². The smallest absolute Gasteiger partial charge is 0.339 e. The van der Waals surface area contributed by atoms with Crippen molar-refractivity contribution in [1.29, 1.82) is 0 Å². The zero-order chi connectivity index (χ0) is 18.3. The van der Waals surface area contributed by atoms with E-state index in [9.17, 15) is 9.59 Å². The number of amides is 1. The standard InChI is InChI=1S/C22H23NO3/c1-14(2)23(18-9-10-18)21(24)16-8-11-19-17(12-16)13-20(26-22(19)25)15-6-4-3-5-7-15/h3-8,11-12,14,18,20H,9-10,13H2,1-2H3/t20-/m0/s1. The number of esters is 1. The van der Waals surface area contributed by atoms with E-state index in [0.717, 1.165) is 24.0 Å². The van der Waals surface area contributed by atoms with Gasteiger partial charge in [-0.05, 0) is 56.0 Å². The van der Waals surface area contributed by atoms with Crippen molar-refractivity contribution >= 4 is 11.9 Å². The van der Waals surface area contributed by atoms with Crippen molar-refractivity contribution in [3.8, 4) is 0 Å². The van der Waals surface area contributed by atoms with E-state index in [4.69, 9.17) is 4.74 Å². The van der Waals surface area contributed by atoms with E-state index in [2.05, 4.69) is 13.8 Å². The van der Waals surface area contributed by atoms with E-state index < -0.39 is 0 Å². The number of rotatable bonds is 4. The summed E-state index contributed by atoms with van der Waals surface area (Å²) in [7, 11) is 0. The van der Waals surface area contributed by atoms with Crippen LogP contribution in [0.4, 0.5) is 0 Å². The van der Waals surface area contributed by atoms with Gasteiger partial charge in [0.1, 0.15) is 6.10 Å². The van der Waals surface area contributed by atoms with Crippen LogP contribution in [0, 0.1) is 0 Å². The second kappa shape index (κ2) is 6.60. The summed E-state index contributed by atoms with van der Waals surface area (Å²) in [6.07, 6.45) is 2.46.